The van der Waals surface area contributed by atoms with Gasteiger partial charge in [-0.2, -0.15) is 0 Å². The molecule has 0 saturated carbocycles. The van der Waals surface area contributed by atoms with Crippen molar-refractivity contribution in [3.8, 4) is 0 Å². The summed E-state index contributed by atoms with van der Waals surface area (Å²) in [5.74, 6) is -1.56. The first-order valence-electron chi connectivity index (χ1n) is 32.4. The molecule has 0 aromatic carbocycles. The second kappa shape index (κ2) is 62.9. The molecule has 12 heteroatoms. The molecule has 0 spiro atoms. The van der Waals surface area contributed by atoms with Crippen molar-refractivity contribution in [3.63, 3.8) is 0 Å². The molecule has 2 N–H and O–H groups in total. The Morgan fingerprint density at radius 2 is 0.646 bits per heavy atom. The Morgan fingerprint density at radius 1 is 0.354 bits per heavy atom. The highest BCUT2D eigenvalue weighted by Crippen LogP contribution is 2.43. The molecule has 0 amide bonds. The summed E-state index contributed by atoms with van der Waals surface area (Å²) in [6.07, 6.45) is 78.7. The van der Waals surface area contributed by atoms with Gasteiger partial charge in [0.1, 0.15) is 12.7 Å². The van der Waals surface area contributed by atoms with E-state index < -0.39 is 57.8 Å². The number of hydrogen-bond donors (Lipinski definition) is 2. The summed E-state index contributed by atoms with van der Waals surface area (Å²) in [6.45, 7) is 4.35. The molecule has 3 atom stereocenters. The molecule has 0 bridgehead atoms. The Hall–Kier alpha value is -4.12. The number of esters is 3. The molecule has 3 unspecified atom stereocenters. The molecular formula is C70H117O11P. The smallest absolute Gasteiger partial charge is 0.462 e. The molecule has 0 aromatic rings. The fourth-order valence-electron chi connectivity index (χ4n) is 8.50. The Balaban J connectivity index is 4.78. The summed E-state index contributed by atoms with van der Waals surface area (Å²) in [6, 6.07) is 0. The maximum Gasteiger partial charge on any atom is 0.472 e. The van der Waals surface area contributed by atoms with E-state index in [4.69, 9.17) is 23.3 Å². The highest BCUT2D eigenvalue weighted by molar-refractivity contribution is 7.47. The number of phosphoric acid groups is 1. The van der Waals surface area contributed by atoms with Gasteiger partial charge in [-0.15, -0.1) is 0 Å². The van der Waals surface area contributed by atoms with Crippen LogP contribution >= 0.6 is 7.82 Å². The summed E-state index contributed by atoms with van der Waals surface area (Å²) in [5.41, 5.74) is 0. The monoisotopic (exact) mass is 1160 g/mol. The molecule has 0 aliphatic heterocycles. The van der Waals surface area contributed by atoms with Gasteiger partial charge in [0.05, 0.1) is 19.8 Å². The second-order valence-corrected chi connectivity index (χ2v) is 22.6. The fourth-order valence-corrected chi connectivity index (χ4v) is 9.28. The number of carbonyl (C=O) groups is 3. The van der Waals surface area contributed by atoms with Crippen LogP contribution in [0.3, 0.4) is 0 Å². The maximum atomic E-state index is 13.0. The molecule has 0 fully saturated rings. The van der Waals surface area contributed by atoms with E-state index in [-0.39, 0.29) is 25.9 Å². The van der Waals surface area contributed by atoms with Gasteiger partial charge in [-0.1, -0.05) is 245 Å². The van der Waals surface area contributed by atoms with Gasteiger partial charge in [-0.3, -0.25) is 23.4 Å². The van der Waals surface area contributed by atoms with Gasteiger partial charge in [0.2, 0.25) is 0 Å². The van der Waals surface area contributed by atoms with E-state index in [1.54, 1.807) is 0 Å². The molecule has 468 valence electrons. The van der Waals surface area contributed by atoms with Crippen LogP contribution in [-0.4, -0.2) is 66.5 Å². The van der Waals surface area contributed by atoms with Gasteiger partial charge in [-0.05, 0) is 122 Å². The van der Waals surface area contributed by atoms with E-state index in [0.717, 1.165) is 116 Å². The van der Waals surface area contributed by atoms with Crippen LogP contribution in [0.25, 0.3) is 0 Å². The molecule has 11 nitrogen and oxygen atoms in total. The van der Waals surface area contributed by atoms with Gasteiger partial charge in [0.15, 0.2) is 6.10 Å². The number of allylic oxidation sites excluding steroid dienone is 20. The molecule has 0 aliphatic rings. The van der Waals surface area contributed by atoms with Crippen LogP contribution in [0.2, 0.25) is 0 Å². The summed E-state index contributed by atoms with van der Waals surface area (Å²) >= 11 is 0. The number of hydrogen-bond acceptors (Lipinski definition) is 10. The van der Waals surface area contributed by atoms with Gasteiger partial charge >= 0.3 is 25.7 Å². The highest BCUT2D eigenvalue weighted by atomic mass is 31.2. The second-order valence-electron chi connectivity index (χ2n) is 21.2. The number of ether oxygens (including phenoxy) is 3. The summed E-state index contributed by atoms with van der Waals surface area (Å²) in [4.78, 5) is 48.8. The minimum atomic E-state index is -4.78. The quantitative estimate of drug-likeness (QED) is 0.0197. The SMILES string of the molecule is CC/C=C\C/C=C\C/C=C\C/C=C\C/C=C\CCCC(=O)OCC(COP(=O)(O)OCC(CO)OC(=O)CCCCCCCCCCC/C=C\CCCCCCCC)OC(=O)CCCCCCCC/C=C\C/C=C\C/C=C\C/C=C\CC. The van der Waals surface area contributed by atoms with Crippen LogP contribution < -0.4 is 0 Å². The molecule has 0 aromatic heterocycles. The van der Waals surface area contributed by atoms with Crippen molar-refractivity contribution in [1.29, 1.82) is 0 Å². The minimum absolute atomic E-state index is 0.133. The predicted molar refractivity (Wildman–Crippen MR) is 343 cm³/mol. The van der Waals surface area contributed by atoms with Crippen molar-refractivity contribution in [2.75, 3.05) is 26.4 Å². The summed E-state index contributed by atoms with van der Waals surface area (Å²) in [7, 11) is -4.78. The number of aliphatic hydroxyl groups is 1. The Labute approximate surface area is 500 Å². The molecular weight excluding hydrogens is 1050 g/mol. The van der Waals surface area contributed by atoms with Gasteiger partial charge in [0.25, 0.3) is 0 Å². The molecule has 0 heterocycles. The normalized spacial score (nSPS) is 14.1. The van der Waals surface area contributed by atoms with E-state index in [1.807, 2.05) is 6.08 Å². The Kier molecular flexibility index (Phi) is 59.8. The Bertz CT molecular complexity index is 1840. The van der Waals surface area contributed by atoms with E-state index in [2.05, 4.69) is 136 Å². The molecule has 82 heavy (non-hydrogen) atoms. The minimum Gasteiger partial charge on any atom is -0.462 e. The van der Waals surface area contributed by atoms with Crippen LogP contribution in [0.5, 0.6) is 0 Å². The number of unbranched alkanes of at least 4 members (excludes halogenated alkanes) is 22. The van der Waals surface area contributed by atoms with E-state index in [1.165, 1.54) is 83.5 Å². The highest BCUT2D eigenvalue weighted by Gasteiger charge is 2.28. The van der Waals surface area contributed by atoms with Crippen molar-refractivity contribution < 1.29 is 52.2 Å². The lowest BCUT2D eigenvalue weighted by atomic mass is 10.1. The third kappa shape index (κ3) is 60.5. The van der Waals surface area contributed by atoms with Crippen molar-refractivity contribution >= 4 is 25.7 Å². The average molecular weight is 1170 g/mol. The van der Waals surface area contributed by atoms with E-state index in [9.17, 15) is 28.9 Å². The predicted octanol–water partition coefficient (Wildman–Crippen LogP) is 19.9. The molecule has 0 saturated heterocycles. The summed E-state index contributed by atoms with van der Waals surface area (Å²) in [5, 5.41) is 9.87. The number of aliphatic hydroxyl groups excluding tert-OH is 1. The van der Waals surface area contributed by atoms with Gasteiger partial charge in [-0.25, -0.2) is 4.57 Å². The third-order valence-electron chi connectivity index (χ3n) is 13.3. The standard InChI is InChI=1S/C70H117O11P/c1-4-7-10-13-16-19-22-25-28-31-33-36-39-42-45-48-51-54-57-60-69(73)80-66(62-71)64-78-82(75,76)79-65-67(63-77-68(72)59-56-53-50-47-44-41-38-35-30-27-24-21-18-15-12-9-6-3)81-70(74)61-58-55-52-49-46-43-40-37-34-32-29-26-23-20-17-14-11-8-5-2/h8-9,11-12,17-18,20-21,25-30,34,37-38,41,47,50,66-67,71H,4-7,10,13-16,19,22-24,31-33,35-36,39-40,42-46,48-49,51-65H2,1-3H3,(H,75,76)/b11-8-,12-9-,20-17-,21-18-,28-25-,29-26-,30-27-,37-34-,41-38-,50-47-. The zero-order valence-corrected chi connectivity index (χ0v) is 52.8. The first-order chi connectivity index (χ1) is 40.2. The Morgan fingerprint density at radius 3 is 1.02 bits per heavy atom. The first-order valence-corrected chi connectivity index (χ1v) is 33.9. The molecule has 0 aliphatic carbocycles. The van der Waals surface area contributed by atoms with E-state index >= 15 is 0 Å². The average Bonchev–Trinajstić information content (AvgIpc) is 3.47. The van der Waals surface area contributed by atoms with Crippen LogP contribution in [0.15, 0.2) is 122 Å². The zero-order valence-electron chi connectivity index (χ0n) is 51.9. The van der Waals surface area contributed by atoms with Crippen molar-refractivity contribution in [3.05, 3.63) is 122 Å². The summed E-state index contributed by atoms with van der Waals surface area (Å²) < 4.78 is 39.6. The first kappa shape index (κ1) is 77.9. The van der Waals surface area contributed by atoms with Crippen LogP contribution in [0.1, 0.15) is 265 Å². The fraction of sp³-hybridized carbons (Fsp3) is 0.671. The van der Waals surface area contributed by atoms with Gasteiger partial charge in [0, 0.05) is 19.3 Å². The number of carbonyl (C=O) groups excluding carboxylic acids is 3. The lowest BCUT2D eigenvalue weighted by Crippen LogP contribution is -2.30. The molecule has 0 rings (SSSR count). The zero-order chi connectivity index (χ0) is 59.8. The topological polar surface area (TPSA) is 155 Å². The molecule has 0 radical (unpaired) electrons. The van der Waals surface area contributed by atoms with Crippen LogP contribution in [0.4, 0.5) is 0 Å². The van der Waals surface area contributed by atoms with E-state index in [0.29, 0.717) is 25.7 Å². The number of rotatable bonds is 59. The largest absolute Gasteiger partial charge is 0.472 e. The van der Waals surface area contributed by atoms with Gasteiger partial charge < -0.3 is 24.2 Å². The lowest BCUT2D eigenvalue weighted by Gasteiger charge is -2.21. The van der Waals surface area contributed by atoms with Crippen molar-refractivity contribution in [2.24, 2.45) is 0 Å². The van der Waals surface area contributed by atoms with Crippen molar-refractivity contribution in [1.82, 2.24) is 0 Å². The van der Waals surface area contributed by atoms with Crippen LogP contribution in [0, 0.1) is 0 Å². The van der Waals surface area contributed by atoms with Crippen LogP contribution in [-0.2, 0) is 42.2 Å². The maximum absolute atomic E-state index is 13.0. The number of phosphoric ester groups is 1. The third-order valence-corrected chi connectivity index (χ3v) is 14.3. The van der Waals surface area contributed by atoms with Crippen molar-refractivity contribution in [2.45, 2.75) is 277 Å². The lowest BCUT2D eigenvalue weighted by molar-refractivity contribution is -0.161.